The number of nitrogens with zero attached hydrogens (tertiary/aromatic N) is 2. The molecular weight excluding hydrogens is 288 g/mol. The van der Waals surface area contributed by atoms with Crippen LogP contribution in [0.25, 0.3) is 21.2 Å². The molecule has 2 heterocycles. The number of hydrogen-bond acceptors (Lipinski definition) is 3. The van der Waals surface area contributed by atoms with Crippen LogP contribution >= 0.6 is 11.3 Å². The Bertz CT molecular complexity index is 795. The van der Waals surface area contributed by atoms with Crippen LogP contribution in [0.2, 0.25) is 0 Å². The molecule has 2 nitrogen and oxygen atoms in total. The van der Waals surface area contributed by atoms with Gasteiger partial charge in [-0.1, -0.05) is 42.5 Å². The smallest absolute Gasteiger partial charge is 0.0987 e. The lowest BCUT2D eigenvalue weighted by molar-refractivity contribution is 0.110. The van der Waals surface area contributed by atoms with E-state index in [1.54, 1.807) is 0 Å². The molecule has 0 amide bonds. The molecule has 1 aliphatic heterocycles. The van der Waals surface area contributed by atoms with E-state index in [0.29, 0.717) is 12.0 Å². The van der Waals surface area contributed by atoms with Crippen molar-refractivity contribution in [2.45, 2.75) is 25.8 Å². The minimum atomic E-state index is 0.621. The van der Waals surface area contributed by atoms with Crippen molar-refractivity contribution in [3.05, 3.63) is 53.7 Å². The van der Waals surface area contributed by atoms with Gasteiger partial charge in [0.15, 0.2) is 0 Å². The Morgan fingerprint density at radius 2 is 1.86 bits per heavy atom. The number of thiazole rings is 1. The molecule has 22 heavy (non-hydrogen) atoms. The molecule has 3 heteroatoms. The van der Waals surface area contributed by atoms with Crippen LogP contribution in [0, 0.1) is 0 Å². The van der Waals surface area contributed by atoms with E-state index in [4.69, 9.17) is 4.98 Å². The average Bonchev–Trinajstić information content (AvgIpc) is 2.94. The van der Waals surface area contributed by atoms with Gasteiger partial charge in [0.1, 0.15) is 0 Å². The zero-order valence-electron chi connectivity index (χ0n) is 13.0. The van der Waals surface area contributed by atoms with Crippen molar-refractivity contribution in [2.75, 3.05) is 13.1 Å². The van der Waals surface area contributed by atoms with Crippen molar-refractivity contribution in [1.29, 1.82) is 0 Å². The van der Waals surface area contributed by atoms with Crippen molar-refractivity contribution >= 4 is 22.1 Å². The molecule has 112 valence electrons. The summed E-state index contributed by atoms with van der Waals surface area (Å²) in [5, 5.41) is 3.90. The van der Waals surface area contributed by atoms with Crippen LogP contribution in [0.5, 0.6) is 0 Å². The summed E-state index contributed by atoms with van der Waals surface area (Å²) in [6.07, 6.45) is 2.06. The summed E-state index contributed by atoms with van der Waals surface area (Å²) in [5.74, 6) is 0.621. The molecule has 0 aliphatic carbocycles. The third kappa shape index (κ3) is 2.34. The Hall–Kier alpha value is -1.71. The molecule has 0 saturated carbocycles. The lowest BCUT2D eigenvalue weighted by Gasteiger charge is -2.41. The highest BCUT2D eigenvalue weighted by Gasteiger charge is 2.31. The van der Waals surface area contributed by atoms with E-state index in [0.717, 1.165) is 13.1 Å². The lowest BCUT2D eigenvalue weighted by Crippen LogP contribution is -2.48. The summed E-state index contributed by atoms with van der Waals surface area (Å²) in [4.78, 5) is 8.50. The van der Waals surface area contributed by atoms with Crippen LogP contribution in [0.1, 0.15) is 24.8 Å². The fourth-order valence-corrected chi connectivity index (χ4v) is 4.17. The second-order valence-corrected chi connectivity index (χ2v) is 7.40. The maximum absolute atomic E-state index is 4.71. The number of rotatable bonds is 3. The predicted molar refractivity (Wildman–Crippen MR) is 94.5 cm³/mol. The standard InChI is InChI=1S/C19H20N2S/c1-13(2)21-11-15(12-21)19-20-10-18(22-19)17-9-5-7-14-6-3-4-8-16(14)17/h3-10,13,15H,11-12H2,1-2H3. The molecule has 1 aliphatic rings. The molecule has 0 N–H and O–H groups in total. The third-order valence-corrected chi connectivity index (χ3v) is 5.76. The van der Waals surface area contributed by atoms with Crippen LogP contribution in [-0.2, 0) is 0 Å². The monoisotopic (exact) mass is 308 g/mol. The quantitative estimate of drug-likeness (QED) is 0.693. The first-order valence-corrected chi connectivity index (χ1v) is 8.72. The maximum atomic E-state index is 4.71. The third-order valence-electron chi connectivity index (χ3n) is 4.57. The van der Waals surface area contributed by atoms with E-state index < -0.39 is 0 Å². The van der Waals surface area contributed by atoms with E-state index in [2.05, 4.69) is 67.4 Å². The van der Waals surface area contributed by atoms with Crippen LogP contribution in [0.15, 0.2) is 48.7 Å². The fourth-order valence-electron chi connectivity index (χ4n) is 3.13. The first-order valence-electron chi connectivity index (χ1n) is 7.90. The second-order valence-electron chi connectivity index (χ2n) is 6.33. The van der Waals surface area contributed by atoms with E-state index in [1.165, 1.54) is 26.2 Å². The van der Waals surface area contributed by atoms with Crippen LogP contribution in [-0.4, -0.2) is 29.0 Å². The molecule has 0 unspecified atom stereocenters. The van der Waals surface area contributed by atoms with Gasteiger partial charge in [-0.05, 0) is 24.6 Å². The van der Waals surface area contributed by atoms with E-state index >= 15 is 0 Å². The Morgan fingerprint density at radius 3 is 2.68 bits per heavy atom. The van der Waals surface area contributed by atoms with Gasteiger partial charge in [-0.25, -0.2) is 4.98 Å². The Labute approximate surface area is 135 Å². The largest absolute Gasteiger partial charge is 0.299 e. The van der Waals surface area contributed by atoms with Gasteiger partial charge in [0.25, 0.3) is 0 Å². The minimum absolute atomic E-state index is 0.621. The molecule has 1 fully saturated rings. The van der Waals surface area contributed by atoms with Gasteiger partial charge in [-0.15, -0.1) is 11.3 Å². The minimum Gasteiger partial charge on any atom is -0.299 e. The lowest BCUT2D eigenvalue weighted by atomic mass is 9.99. The van der Waals surface area contributed by atoms with Gasteiger partial charge in [0.2, 0.25) is 0 Å². The topological polar surface area (TPSA) is 16.1 Å². The second kappa shape index (κ2) is 5.49. The van der Waals surface area contributed by atoms with Crippen molar-refractivity contribution in [3.8, 4) is 10.4 Å². The highest BCUT2D eigenvalue weighted by molar-refractivity contribution is 7.15. The molecule has 0 radical (unpaired) electrons. The Morgan fingerprint density at radius 1 is 1.09 bits per heavy atom. The van der Waals surface area contributed by atoms with Crippen LogP contribution < -0.4 is 0 Å². The summed E-state index contributed by atoms with van der Waals surface area (Å²) in [5.41, 5.74) is 1.31. The van der Waals surface area contributed by atoms with Gasteiger partial charge >= 0.3 is 0 Å². The van der Waals surface area contributed by atoms with Crippen molar-refractivity contribution in [2.24, 2.45) is 0 Å². The molecule has 1 saturated heterocycles. The van der Waals surface area contributed by atoms with Gasteiger partial charge in [0.05, 0.1) is 9.88 Å². The van der Waals surface area contributed by atoms with Crippen molar-refractivity contribution in [1.82, 2.24) is 9.88 Å². The zero-order chi connectivity index (χ0) is 15.1. The number of benzene rings is 2. The SMILES string of the molecule is CC(C)N1CC(c2ncc(-c3cccc4ccccc34)s2)C1. The van der Waals surface area contributed by atoms with E-state index in [9.17, 15) is 0 Å². The molecule has 3 aromatic rings. The number of aromatic nitrogens is 1. The first kappa shape index (κ1) is 13.9. The normalized spacial score (nSPS) is 16.3. The van der Waals surface area contributed by atoms with Gasteiger partial charge in [-0.3, -0.25) is 4.90 Å². The molecule has 1 aromatic heterocycles. The average molecular weight is 308 g/mol. The molecule has 4 rings (SSSR count). The number of hydrogen-bond donors (Lipinski definition) is 0. The first-order chi connectivity index (χ1) is 10.7. The van der Waals surface area contributed by atoms with Gasteiger partial charge in [-0.2, -0.15) is 0 Å². The zero-order valence-corrected chi connectivity index (χ0v) is 13.8. The number of likely N-dealkylation sites (tertiary alicyclic amines) is 1. The summed E-state index contributed by atoms with van der Waals surface area (Å²) in [7, 11) is 0. The summed E-state index contributed by atoms with van der Waals surface area (Å²) < 4.78 is 0. The molecular formula is C19H20N2S. The number of fused-ring (bicyclic) bond motifs is 1. The maximum Gasteiger partial charge on any atom is 0.0987 e. The van der Waals surface area contributed by atoms with Gasteiger partial charge < -0.3 is 0 Å². The predicted octanol–water partition coefficient (Wildman–Crippen LogP) is 4.77. The van der Waals surface area contributed by atoms with Crippen LogP contribution in [0.3, 0.4) is 0 Å². The summed E-state index contributed by atoms with van der Waals surface area (Å²) in [6.45, 7) is 6.83. The summed E-state index contributed by atoms with van der Waals surface area (Å²) >= 11 is 1.86. The molecule has 0 spiro atoms. The highest BCUT2D eigenvalue weighted by Crippen LogP contribution is 2.37. The Balaban J connectivity index is 1.64. The van der Waals surface area contributed by atoms with E-state index in [1.807, 2.05) is 11.3 Å². The van der Waals surface area contributed by atoms with Gasteiger partial charge in [0, 0.05) is 36.8 Å². The van der Waals surface area contributed by atoms with E-state index in [-0.39, 0.29) is 0 Å². The van der Waals surface area contributed by atoms with Crippen LogP contribution in [0.4, 0.5) is 0 Å². The summed E-state index contributed by atoms with van der Waals surface area (Å²) in [6, 6.07) is 15.8. The molecule has 0 bridgehead atoms. The fraction of sp³-hybridized carbons (Fsp3) is 0.316. The molecule has 0 atom stereocenters. The van der Waals surface area contributed by atoms with Crippen molar-refractivity contribution in [3.63, 3.8) is 0 Å². The molecule has 2 aromatic carbocycles. The highest BCUT2D eigenvalue weighted by atomic mass is 32.1. The van der Waals surface area contributed by atoms with Crippen molar-refractivity contribution < 1.29 is 0 Å². The Kier molecular flexibility index (Phi) is 3.47.